The van der Waals surface area contributed by atoms with E-state index in [1.54, 1.807) is 0 Å². The van der Waals surface area contributed by atoms with Gasteiger partial charge in [0, 0.05) is 17.7 Å². The standard InChI is InChI=1S/C13H29NO3S/c1-13(2,3)18(5,6)17-11-10-14(4)9-7-8-12(15)16/h7-11H2,1-6H3,(H,15,16). The lowest BCUT2D eigenvalue weighted by molar-refractivity contribution is -0.137. The summed E-state index contributed by atoms with van der Waals surface area (Å²) in [5, 5.41) is 8.56. The summed E-state index contributed by atoms with van der Waals surface area (Å²) in [7, 11) is 0.956. The second-order valence-corrected chi connectivity index (χ2v) is 9.89. The topological polar surface area (TPSA) is 49.8 Å². The molecule has 0 aliphatic carbocycles. The summed E-state index contributed by atoms with van der Waals surface area (Å²) in [6.07, 6.45) is 5.32. The Morgan fingerprint density at radius 3 is 2.28 bits per heavy atom. The van der Waals surface area contributed by atoms with Crippen LogP contribution in [-0.4, -0.2) is 60.0 Å². The van der Waals surface area contributed by atoms with Gasteiger partial charge < -0.3 is 14.2 Å². The highest BCUT2D eigenvalue weighted by Gasteiger charge is 2.28. The maximum Gasteiger partial charge on any atom is 0.303 e. The van der Waals surface area contributed by atoms with Crippen molar-refractivity contribution in [3.05, 3.63) is 0 Å². The smallest absolute Gasteiger partial charge is 0.303 e. The van der Waals surface area contributed by atoms with E-state index >= 15 is 0 Å². The van der Waals surface area contributed by atoms with Crippen molar-refractivity contribution in [2.45, 2.75) is 38.4 Å². The lowest BCUT2D eigenvalue weighted by atomic mass is 10.3. The molecule has 0 aromatic carbocycles. The van der Waals surface area contributed by atoms with Gasteiger partial charge in [0.2, 0.25) is 0 Å². The molecule has 0 radical (unpaired) electrons. The Labute approximate surface area is 113 Å². The zero-order valence-electron chi connectivity index (χ0n) is 12.7. The van der Waals surface area contributed by atoms with E-state index in [1.807, 2.05) is 7.05 Å². The van der Waals surface area contributed by atoms with Crippen LogP contribution in [0.1, 0.15) is 33.6 Å². The fraction of sp³-hybridized carbons (Fsp3) is 0.923. The van der Waals surface area contributed by atoms with Crippen molar-refractivity contribution in [3.63, 3.8) is 0 Å². The summed E-state index contributed by atoms with van der Waals surface area (Å²) in [5.74, 6) is -0.724. The predicted octanol–water partition coefficient (Wildman–Crippen LogP) is 2.58. The number of rotatable bonds is 8. The molecule has 5 heteroatoms. The minimum Gasteiger partial charge on any atom is -0.481 e. The van der Waals surface area contributed by atoms with E-state index in [1.165, 1.54) is 0 Å². The van der Waals surface area contributed by atoms with Crippen LogP contribution in [0.25, 0.3) is 0 Å². The molecule has 0 aromatic rings. The summed E-state index contributed by atoms with van der Waals surface area (Å²) in [6.45, 7) is 8.99. The molecule has 4 nitrogen and oxygen atoms in total. The molecule has 0 unspecified atom stereocenters. The number of hydrogen-bond donors (Lipinski definition) is 1. The van der Waals surface area contributed by atoms with Crippen LogP contribution in [0.2, 0.25) is 0 Å². The molecule has 1 N–H and O–H groups in total. The number of carboxylic acid groups (broad SMARTS) is 1. The highest BCUT2D eigenvalue weighted by Crippen LogP contribution is 2.53. The zero-order valence-corrected chi connectivity index (χ0v) is 13.5. The van der Waals surface area contributed by atoms with E-state index in [-0.39, 0.29) is 11.2 Å². The molecule has 0 aromatic heterocycles. The monoisotopic (exact) mass is 279 g/mol. The van der Waals surface area contributed by atoms with Gasteiger partial charge in [-0.25, -0.2) is 0 Å². The average Bonchev–Trinajstić information content (AvgIpc) is 2.14. The van der Waals surface area contributed by atoms with E-state index in [9.17, 15) is 4.79 Å². The van der Waals surface area contributed by atoms with Crippen LogP contribution in [0.5, 0.6) is 0 Å². The Morgan fingerprint density at radius 1 is 1.28 bits per heavy atom. The Kier molecular flexibility index (Phi) is 7.25. The quantitative estimate of drug-likeness (QED) is 0.742. The van der Waals surface area contributed by atoms with Crippen LogP contribution in [-0.2, 0) is 8.98 Å². The molecule has 0 fully saturated rings. The summed E-state index contributed by atoms with van der Waals surface area (Å²) in [5.41, 5.74) is 0. The zero-order chi connectivity index (χ0) is 14.4. The molecule has 0 saturated heterocycles. The molecule has 0 heterocycles. The second-order valence-electron chi connectivity index (χ2n) is 5.97. The van der Waals surface area contributed by atoms with Gasteiger partial charge in [-0.1, -0.05) is 20.8 Å². The van der Waals surface area contributed by atoms with Crippen molar-refractivity contribution in [2.24, 2.45) is 0 Å². The molecule has 0 atom stereocenters. The third-order valence-corrected chi connectivity index (χ3v) is 6.96. The first-order valence-corrected chi connectivity index (χ1v) is 8.71. The van der Waals surface area contributed by atoms with E-state index in [0.717, 1.165) is 13.1 Å². The molecule has 0 spiro atoms. The number of likely N-dealkylation sites (N-methyl/N-ethyl adjacent to an activating group) is 1. The van der Waals surface area contributed by atoms with Gasteiger partial charge >= 0.3 is 5.97 Å². The molecule has 0 bridgehead atoms. The van der Waals surface area contributed by atoms with Crippen molar-refractivity contribution in [1.29, 1.82) is 0 Å². The summed E-state index contributed by atoms with van der Waals surface area (Å²) >= 11 is 0. The van der Waals surface area contributed by atoms with E-state index in [4.69, 9.17) is 9.29 Å². The number of nitrogens with zero attached hydrogens (tertiary/aromatic N) is 1. The van der Waals surface area contributed by atoms with Gasteiger partial charge in [0.05, 0.1) is 6.61 Å². The first-order chi connectivity index (χ1) is 8.06. The molecule has 18 heavy (non-hydrogen) atoms. The van der Waals surface area contributed by atoms with Crippen LogP contribution in [0.3, 0.4) is 0 Å². The minimum atomic E-state index is -1.05. The van der Waals surface area contributed by atoms with Gasteiger partial charge in [0.25, 0.3) is 0 Å². The van der Waals surface area contributed by atoms with Crippen LogP contribution in [0, 0.1) is 0 Å². The van der Waals surface area contributed by atoms with E-state index in [0.29, 0.717) is 13.0 Å². The summed E-state index contributed by atoms with van der Waals surface area (Å²) < 4.78 is 6.21. The largest absolute Gasteiger partial charge is 0.481 e. The lowest BCUT2D eigenvalue weighted by Gasteiger charge is -2.44. The molecule has 0 saturated carbocycles. The van der Waals surface area contributed by atoms with Crippen LogP contribution < -0.4 is 0 Å². The predicted molar refractivity (Wildman–Crippen MR) is 79.5 cm³/mol. The number of aliphatic carboxylic acids is 1. The van der Waals surface area contributed by atoms with E-state index < -0.39 is 16.3 Å². The van der Waals surface area contributed by atoms with Gasteiger partial charge in [0.15, 0.2) is 0 Å². The normalized spacial score (nSPS) is 13.9. The summed E-state index contributed by atoms with van der Waals surface area (Å²) in [6, 6.07) is 0. The van der Waals surface area contributed by atoms with Crippen LogP contribution in [0.15, 0.2) is 0 Å². The van der Waals surface area contributed by atoms with Gasteiger partial charge in [-0.3, -0.25) is 4.79 Å². The minimum absolute atomic E-state index is 0.189. The Balaban J connectivity index is 3.81. The van der Waals surface area contributed by atoms with Crippen LogP contribution in [0.4, 0.5) is 0 Å². The molecular formula is C13H29NO3S. The SMILES string of the molecule is CN(CCCC(=O)O)CCOS(C)(C)C(C)(C)C. The first kappa shape index (κ1) is 17.7. The fourth-order valence-corrected chi connectivity index (χ4v) is 2.03. The van der Waals surface area contributed by atoms with Gasteiger partial charge in [-0.05, 0) is 32.5 Å². The fourth-order valence-electron chi connectivity index (χ4n) is 1.19. The number of carbonyl (C=O) groups is 1. The third-order valence-electron chi connectivity index (χ3n) is 3.26. The highest BCUT2D eigenvalue weighted by molar-refractivity contribution is 8.29. The molecule has 0 aliphatic heterocycles. The molecule has 0 aliphatic rings. The Hall–Kier alpha value is -0.260. The molecule has 110 valence electrons. The average molecular weight is 279 g/mol. The first-order valence-electron chi connectivity index (χ1n) is 6.34. The Bertz CT molecular complexity index is 261. The maximum atomic E-state index is 10.4. The Morgan fingerprint density at radius 2 is 1.83 bits per heavy atom. The van der Waals surface area contributed by atoms with Crippen molar-refractivity contribution in [1.82, 2.24) is 4.90 Å². The van der Waals surface area contributed by atoms with Crippen molar-refractivity contribution in [2.75, 3.05) is 39.3 Å². The highest BCUT2D eigenvalue weighted by atomic mass is 32.3. The molecular weight excluding hydrogens is 250 g/mol. The molecule has 0 rings (SSSR count). The van der Waals surface area contributed by atoms with Gasteiger partial charge in [-0.15, -0.1) is 10.3 Å². The number of hydrogen-bond acceptors (Lipinski definition) is 3. The maximum absolute atomic E-state index is 10.4. The number of carboxylic acids is 1. The van der Waals surface area contributed by atoms with E-state index in [2.05, 4.69) is 38.2 Å². The van der Waals surface area contributed by atoms with Gasteiger partial charge in [-0.2, -0.15) is 0 Å². The van der Waals surface area contributed by atoms with Crippen molar-refractivity contribution >= 4 is 16.3 Å². The van der Waals surface area contributed by atoms with Crippen LogP contribution >= 0.6 is 10.3 Å². The van der Waals surface area contributed by atoms with Crippen molar-refractivity contribution in [3.8, 4) is 0 Å². The molecule has 0 amide bonds. The third kappa shape index (κ3) is 7.24. The summed E-state index contributed by atoms with van der Waals surface area (Å²) in [4.78, 5) is 12.5. The van der Waals surface area contributed by atoms with Crippen molar-refractivity contribution < 1.29 is 14.1 Å². The second kappa shape index (κ2) is 7.36. The lowest BCUT2D eigenvalue weighted by Crippen LogP contribution is -2.29. The van der Waals surface area contributed by atoms with Gasteiger partial charge in [0.1, 0.15) is 0 Å².